The molecule has 0 spiro atoms. The number of benzene rings is 1. The van der Waals surface area contributed by atoms with Gasteiger partial charge in [0.2, 0.25) is 0 Å². The van der Waals surface area contributed by atoms with Crippen molar-refractivity contribution in [3.8, 4) is 0 Å². The van der Waals surface area contributed by atoms with Crippen molar-refractivity contribution in [2.75, 3.05) is 5.73 Å². The number of nitrogens with zero attached hydrogens (tertiary/aromatic N) is 2. The number of aromatic nitrogens is 2. The van der Waals surface area contributed by atoms with Gasteiger partial charge >= 0.3 is 0 Å². The molecule has 15 heavy (non-hydrogen) atoms. The van der Waals surface area contributed by atoms with Crippen LogP contribution in [0.3, 0.4) is 0 Å². The lowest BCUT2D eigenvalue weighted by molar-refractivity contribution is 0.626. The molecule has 0 radical (unpaired) electrons. The van der Waals surface area contributed by atoms with Crippen molar-refractivity contribution < 1.29 is 4.39 Å². The van der Waals surface area contributed by atoms with Crippen LogP contribution in [-0.4, -0.2) is 9.78 Å². The molecule has 0 fully saturated rings. The highest BCUT2D eigenvalue weighted by Crippen LogP contribution is 2.14. The maximum atomic E-state index is 12.9. The predicted molar refractivity (Wildman–Crippen MR) is 56.8 cm³/mol. The molecule has 0 amide bonds. The van der Waals surface area contributed by atoms with Gasteiger partial charge in [0.15, 0.2) is 0 Å². The predicted octanol–water partition coefficient (Wildman–Crippen LogP) is 1.73. The number of nitrogens with two attached hydrogens (primary N) is 1. The Morgan fingerprint density at radius 3 is 2.87 bits per heavy atom. The third kappa shape index (κ3) is 2.15. The molecular formula is C11H12FN3. The van der Waals surface area contributed by atoms with Crippen LogP contribution in [0.5, 0.6) is 0 Å². The van der Waals surface area contributed by atoms with E-state index in [0.29, 0.717) is 12.1 Å². The van der Waals surface area contributed by atoms with Crippen molar-refractivity contribution in [2.45, 2.75) is 6.42 Å². The summed E-state index contributed by atoms with van der Waals surface area (Å²) in [5.74, 6) is -0.234. The van der Waals surface area contributed by atoms with E-state index in [4.69, 9.17) is 5.73 Å². The molecule has 1 aromatic heterocycles. The molecule has 0 unspecified atom stereocenters. The fourth-order valence-corrected chi connectivity index (χ4v) is 1.53. The fraction of sp³-hybridized carbons (Fsp3) is 0.182. The quantitative estimate of drug-likeness (QED) is 0.811. The first-order valence-corrected chi connectivity index (χ1v) is 4.67. The van der Waals surface area contributed by atoms with E-state index in [-0.39, 0.29) is 5.82 Å². The van der Waals surface area contributed by atoms with E-state index in [2.05, 4.69) is 5.10 Å². The van der Waals surface area contributed by atoms with Gasteiger partial charge in [-0.15, -0.1) is 0 Å². The van der Waals surface area contributed by atoms with Crippen molar-refractivity contribution in [1.82, 2.24) is 9.78 Å². The molecule has 78 valence electrons. The molecule has 2 aromatic rings. The fourth-order valence-electron chi connectivity index (χ4n) is 1.53. The SMILES string of the molecule is Cn1cc(N)c(Cc2cccc(F)c2)n1. The summed E-state index contributed by atoms with van der Waals surface area (Å²) in [5.41, 5.74) is 8.05. The second-order valence-corrected chi connectivity index (χ2v) is 3.51. The van der Waals surface area contributed by atoms with Gasteiger partial charge < -0.3 is 5.73 Å². The second kappa shape index (κ2) is 3.73. The summed E-state index contributed by atoms with van der Waals surface area (Å²) in [4.78, 5) is 0. The lowest BCUT2D eigenvalue weighted by Crippen LogP contribution is -1.95. The molecule has 2 rings (SSSR count). The number of aryl methyl sites for hydroxylation is 1. The largest absolute Gasteiger partial charge is 0.396 e. The Bertz CT molecular complexity index is 476. The molecule has 4 heteroatoms. The van der Waals surface area contributed by atoms with Crippen LogP contribution in [0, 0.1) is 5.82 Å². The zero-order valence-corrected chi connectivity index (χ0v) is 8.44. The monoisotopic (exact) mass is 205 g/mol. The van der Waals surface area contributed by atoms with E-state index >= 15 is 0 Å². The van der Waals surface area contributed by atoms with E-state index in [1.807, 2.05) is 13.1 Å². The Morgan fingerprint density at radius 1 is 1.47 bits per heavy atom. The average Bonchev–Trinajstić information content (AvgIpc) is 2.45. The van der Waals surface area contributed by atoms with Gasteiger partial charge in [-0.2, -0.15) is 5.10 Å². The molecule has 0 saturated heterocycles. The topological polar surface area (TPSA) is 43.8 Å². The Hall–Kier alpha value is -1.84. The summed E-state index contributed by atoms with van der Waals surface area (Å²) in [6.45, 7) is 0. The van der Waals surface area contributed by atoms with Crippen molar-refractivity contribution in [3.63, 3.8) is 0 Å². The number of halogens is 1. The molecule has 0 aliphatic rings. The van der Waals surface area contributed by atoms with Crippen LogP contribution in [0.1, 0.15) is 11.3 Å². The van der Waals surface area contributed by atoms with Crippen molar-refractivity contribution in [1.29, 1.82) is 0 Å². The molecule has 0 atom stereocenters. The van der Waals surface area contributed by atoms with Gasteiger partial charge in [-0.1, -0.05) is 12.1 Å². The molecule has 0 bridgehead atoms. The zero-order valence-electron chi connectivity index (χ0n) is 8.44. The third-order valence-corrected chi connectivity index (χ3v) is 2.20. The van der Waals surface area contributed by atoms with E-state index in [9.17, 15) is 4.39 Å². The smallest absolute Gasteiger partial charge is 0.123 e. The van der Waals surface area contributed by atoms with Gasteiger partial charge in [0.05, 0.1) is 11.4 Å². The molecular weight excluding hydrogens is 193 g/mol. The highest BCUT2D eigenvalue weighted by atomic mass is 19.1. The van der Waals surface area contributed by atoms with Crippen LogP contribution in [0.4, 0.5) is 10.1 Å². The van der Waals surface area contributed by atoms with E-state index in [0.717, 1.165) is 11.3 Å². The molecule has 0 aliphatic heterocycles. The lowest BCUT2D eigenvalue weighted by Gasteiger charge is -1.99. The van der Waals surface area contributed by atoms with Crippen LogP contribution < -0.4 is 5.73 Å². The van der Waals surface area contributed by atoms with Crippen molar-refractivity contribution >= 4 is 5.69 Å². The van der Waals surface area contributed by atoms with Gasteiger partial charge in [-0.25, -0.2) is 4.39 Å². The van der Waals surface area contributed by atoms with E-state index in [1.54, 1.807) is 16.9 Å². The van der Waals surface area contributed by atoms with E-state index < -0.39 is 0 Å². The summed E-state index contributed by atoms with van der Waals surface area (Å²) in [6.07, 6.45) is 2.30. The van der Waals surface area contributed by atoms with Gasteiger partial charge in [0.25, 0.3) is 0 Å². The van der Waals surface area contributed by atoms with Gasteiger partial charge in [0, 0.05) is 19.7 Å². The summed E-state index contributed by atoms with van der Waals surface area (Å²) in [5, 5.41) is 4.20. The van der Waals surface area contributed by atoms with Crippen LogP contribution >= 0.6 is 0 Å². The highest BCUT2D eigenvalue weighted by Gasteiger charge is 2.05. The zero-order chi connectivity index (χ0) is 10.8. The minimum absolute atomic E-state index is 0.234. The molecule has 1 heterocycles. The third-order valence-electron chi connectivity index (χ3n) is 2.20. The number of nitrogen functional groups attached to an aromatic ring is 1. The van der Waals surface area contributed by atoms with Crippen LogP contribution in [0.25, 0.3) is 0 Å². The highest BCUT2D eigenvalue weighted by molar-refractivity contribution is 5.43. The molecule has 0 aliphatic carbocycles. The minimum Gasteiger partial charge on any atom is -0.396 e. The van der Waals surface area contributed by atoms with Crippen molar-refractivity contribution in [3.05, 3.63) is 47.5 Å². The van der Waals surface area contributed by atoms with Gasteiger partial charge in [-0.05, 0) is 17.7 Å². The molecule has 3 nitrogen and oxygen atoms in total. The Balaban J connectivity index is 2.25. The summed E-state index contributed by atoms with van der Waals surface area (Å²) < 4.78 is 14.6. The van der Waals surface area contributed by atoms with E-state index in [1.165, 1.54) is 12.1 Å². The second-order valence-electron chi connectivity index (χ2n) is 3.51. The van der Waals surface area contributed by atoms with Crippen molar-refractivity contribution in [2.24, 2.45) is 7.05 Å². The van der Waals surface area contributed by atoms with Gasteiger partial charge in [0.1, 0.15) is 5.82 Å². The molecule has 0 saturated carbocycles. The Kier molecular flexibility index (Phi) is 2.41. The standard InChI is InChI=1S/C11H12FN3/c1-15-7-10(13)11(14-15)6-8-3-2-4-9(12)5-8/h2-5,7H,6,13H2,1H3. The molecule has 1 aromatic carbocycles. The number of hydrogen-bond acceptors (Lipinski definition) is 2. The van der Waals surface area contributed by atoms with Crippen LogP contribution in [0.2, 0.25) is 0 Å². The first-order chi connectivity index (χ1) is 7.15. The summed E-state index contributed by atoms with van der Waals surface area (Å²) >= 11 is 0. The first-order valence-electron chi connectivity index (χ1n) is 4.67. The average molecular weight is 205 g/mol. The van der Waals surface area contributed by atoms with Gasteiger partial charge in [-0.3, -0.25) is 4.68 Å². The summed E-state index contributed by atoms with van der Waals surface area (Å²) in [7, 11) is 1.81. The van der Waals surface area contributed by atoms with Crippen LogP contribution in [-0.2, 0) is 13.5 Å². The Morgan fingerprint density at radius 2 is 2.27 bits per heavy atom. The lowest BCUT2D eigenvalue weighted by atomic mass is 10.1. The Labute approximate surface area is 87.3 Å². The normalized spacial score (nSPS) is 10.5. The minimum atomic E-state index is -0.234. The molecule has 2 N–H and O–H groups in total. The number of anilines is 1. The number of hydrogen-bond donors (Lipinski definition) is 1. The maximum Gasteiger partial charge on any atom is 0.123 e. The van der Waals surface area contributed by atoms with Crippen LogP contribution in [0.15, 0.2) is 30.5 Å². The summed E-state index contributed by atoms with van der Waals surface area (Å²) in [6, 6.07) is 6.46. The first kappa shape index (κ1) is 9.71. The maximum absolute atomic E-state index is 12.9. The number of rotatable bonds is 2.